The van der Waals surface area contributed by atoms with Crippen LogP contribution in [0.15, 0.2) is 30.4 Å². The molecular formula is C24H27F3N6O. The average molecular weight is 473 g/mol. The van der Waals surface area contributed by atoms with E-state index in [0.29, 0.717) is 42.2 Å². The lowest BCUT2D eigenvalue weighted by Crippen LogP contribution is -2.26. The Hall–Kier alpha value is -3.43. The molecule has 4 rings (SSSR count). The van der Waals surface area contributed by atoms with Crippen LogP contribution in [0.4, 0.5) is 19.0 Å². The Balaban J connectivity index is 1.73. The van der Waals surface area contributed by atoms with Crippen LogP contribution in [0.2, 0.25) is 0 Å². The highest BCUT2D eigenvalue weighted by molar-refractivity contribution is 5.93. The maximum absolute atomic E-state index is 13.3. The van der Waals surface area contributed by atoms with Crippen molar-refractivity contribution in [3.8, 4) is 0 Å². The molecule has 0 aliphatic carbocycles. The van der Waals surface area contributed by atoms with Crippen molar-refractivity contribution in [3.05, 3.63) is 64.1 Å². The lowest BCUT2D eigenvalue weighted by atomic mass is 10.0. The van der Waals surface area contributed by atoms with Crippen LogP contribution in [0, 0.1) is 6.92 Å². The summed E-state index contributed by atoms with van der Waals surface area (Å²) in [6.07, 6.45) is -3.88. The molecule has 1 aliphatic rings. The largest absolute Gasteiger partial charge is 0.416 e. The Morgan fingerprint density at radius 3 is 2.62 bits per heavy atom. The van der Waals surface area contributed by atoms with Crippen LogP contribution in [-0.4, -0.2) is 30.4 Å². The molecule has 7 nitrogen and oxygen atoms in total. The minimum atomic E-state index is -4.42. The van der Waals surface area contributed by atoms with Gasteiger partial charge in [-0.1, -0.05) is 39.5 Å². The monoisotopic (exact) mass is 472 g/mol. The molecular weight excluding hydrogens is 445 g/mol. The lowest BCUT2D eigenvalue weighted by Gasteiger charge is -2.17. The summed E-state index contributed by atoms with van der Waals surface area (Å²) in [5, 5.41) is 11.7. The summed E-state index contributed by atoms with van der Waals surface area (Å²) < 4.78 is 41.9. The van der Waals surface area contributed by atoms with Crippen molar-refractivity contribution in [3.63, 3.8) is 0 Å². The van der Waals surface area contributed by atoms with Crippen molar-refractivity contribution in [2.45, 2.75) is 65.8 Å². The predicted molar refractivity (Wildman–Crippen MR) is 122 cm³/mol. The Morgan fingerprint density at radius 2 is 1.97 bits per heavy atom. The zero-order valence-corrected chi connectivity index (χ0v) is 19.6. The molecule has 2 aromatic heterocycles. The number of rotatable bonds is 6. The molecule has 0 radical (unpaired) electrons. The fourth-order valence-electron chi connectivity index (χ4n) is 4.22. The Bertz CT molecular complexity index is 1280. The summed E-state index contributed by atoms with van der Waals surface area (Å²) in [4.78, 5) is 19.2. The first-order chi connectivity index (χ1) is 16.0. The number of amides is 1. The molecule has 1 aromatic carbocycles. The van der Waals surface area contributed by atoms with E-state index in [1.54, 1.807) is 11.0 Å². The van der Waals surface area contributed by atoms with Gasteiger partial charge in [-0.3, -0.25) is 9.20 Å². The van der Waals surface area contributed by atoms with Crippen LogP contribution in [-0.2, 0) is 30.6 Å². The van der Waals surface area contributed by atoms with Crippen molar-refractivity contribution in [1.29, 1.82) is 0 Å². The summed E-state index contributed by atoms with van der Waals surface area (Å²) in [5.74, 6) is 1.56. The molecule has 0 fully saturated rings. The van der Waals surface area contributed by atoms with Gasteiger partial charge in [-0.25, -0.2) is 0 Å². The molecule has 1 N–H and O–H groups in total. The third-order valence-corrected chi connectivity index (χ3v) is 6.21. The molecule has 34 heavy (non-hydrogen) atoms. The van der Waals surface area contributed by atoms with Gasteiger partial charge in [-0.2, -0.15) is 18.2 Å². The van der Waals surface area contributed by atoms with E-state index in [1.807, 2.05) is 25.2 Å². The number of benzene rings is 1. The van der Waals surface area contributed by atoms with E-state index in [-0.39, 0.29) is 23.9 Å². The lowest BCUT2D eigenvalue weighted by molar-refractivity contribution is -0.138. The Labute approximate surface area is 195 Å². The minimum absolute atomic E-state index is 0.0859. The average Bonchev–Trinajstić information content (AvgIpc) is 3.40. The number of halogens is 3. The van der Waals surface area contributed by atoms with Crippen LogP contribution >= 0.6 is 0 Å². The number of hydrogen-bond acceptors (Lipinski definition) is 5. The second-order valence-corrected chi connectivity index (χ2v) is 8.79. The number of nitrogens with one attached hydrogen (secondary N) is 1. The highest BCUT2D eigenvalue weighted by Crippen LogP contribution is 2.34. The number of carbonyl (C=O) groups excluding carboxylic acids is 1. The second-order valence-electron chi connectivity index (χ2n) is 8.79. The first-order valence-electron chi connectivity index (χ1n) is 11.2. The van der Waals surface area contributed by atoms with Crippen LogP contribution in [0.25, 0.3) is 5.78 Å². The maximum Gasteiger partial charge on any atom is 0.416 e. The molecule has 0 atom stereocenters. The van der Waals surface area contributed by atoms with Gasteiger partial charge in [0.1, 0.15) is 11.6 Å². The van der Waals surface area contributed by atoms with Gasteiger partial charge < -0.3 is 10.2 Å². The Kier molecular flexibility index (Phi) is 6.09. The number of fused-ring (bicyclic) bond motifs is 3. The molecule has 0 spiro atoms. The topological polar surface area (TPSA) is 75.4 Å². The normalized spacial score (nSPS) is 13.6. The first kappa shape index (κ1) is 23.7. The van der Waals surface area contributed by atoms with Crippen molar-refractivity contribution in [1.82, 2.24) is 24.5 Å². The van der Waals surface area contributed by atoms with E-state index in [1.165, 1.54) is 13.0 Å². The molecule has 0 bridgehead atoms. The highest BCUT2D eigenvalue weighted by Gasteiger charge is 2.34. The van der Waals surface area contributed by atoms with Gasteiger partial charge in [0.25, 0.3) is 5.78 Å². The van der Waals surface area contributed by atoms with Crippen LogP contribution < -0.4 is 5.32 Å². The number of alkyl halides is 3. The number of nitrogens with zero attached hydrogens (tertiary/aromatic N) is 5. The van der Waals surface area contributed by atoms with Gasteiger partial charge in [-0.15, -0.1) is 10.2 Å². The van der Waals surface area contributed by atoms with Crippen molar-refractivity contribution < 1.29 is 18.0 Å². The van der Waals surface area contributed by atoms with Crippen molar-refractivity contribution in [2.75, 3.05) is 5.32 Å². The fourth-order valence-corrected chi connectivity index (χ4v) is 4.22. The molecule has 1 aliphatic heterocycles. The molecule has 0 saturated carbocycles. The standard InChI is InChI=1S/C24H27F3N6O/c1-6-14(4)22(34)32-11-17-19(12-32)33-21(13(2)3)30-31-23(33)29-20(17)28-10-16-8-7-9-18(15(16)5)24(25,26)27/h7-9,13H,4,6,10-12H2,1-3,5H3,(H,28,29,31). The summed E-state index contributed by atoms with van der Waals surface area (Å²) in [6.45, 7) is 12.0. The van der Waals surface area contributed by atoms with Crippen LogP contribution in [0.3, 0.4) is 0 Å². The fraction of sp³-hybridized carbons (Fsp3) is 0.417. The summed E-state index contributed by atoms with van der Waals surface area (Å²) in [5.41, 5.74) is 2.18. The van der Waals surface area contributed by atoms with Gasteiger partial charge in [0, 0.05) is 23.6 Å². The van der Waals surface area contributed by atoms with Gasteiger partial charge in [0.05, 0.1) is 24.3 Å². The molecule has 0 saturated heterocycles. The highest BCUT2D eigenvalue weighted by atomic mass is 19.4. The van der Waals surface area contributed by atoms with E-state index >= 15 is 0 Å². The summed E-state index contributed by atoms with van der Waals surface area (Å²) in [6, 6.07) is 4.14. The van der Waals surface area contributed by atoms with E-state index in [9.17, 15) is 18.0 Å². The zero-order chi connectivity index (χ0) is 24.8. The molecule has 3 heterocycles. The third kappa shape index (κ3) is 4.12. The minimum Gasteiger partial charge on any atom is -0.366 e. The smallest absolute Gasteiger partial charge is 0.366 e. The van der Waals surface area contributed by atoms with Crippen LogP contribution in [0.1, 0.15) is 66.9 Å². The van der Waals surface area contributed by atoms with E-state index in [0.717, 1.165) is 23.1 Å². The van der Waals surface area contributed by atoms with Gasteiger partial charge >= 0.3 is 6.18 Å². The second kappa shape index (κ2) is 8.73. The predicted octanol–water partition coefficient (Wildman–Crippen LogP) is 5.00. The molecule has 10 heteroatoms. The molecule has 180 valence electrons. The van der Waals surface area contributed by atoms with Crippen molar-refractivity contribution in [2.24, 2.45) is 0 Å². The molecule has 1 amide bonds. The quantitative estimate of drug-likeness (QED) is 0.512. The summed E-state index contributed by atoms with van der Waals surface area (Å²) >= 11 is 0. The third-order valence-electron chi connectivity index (χ3n) is 6.21. The number of anilines is 1. The molecule has 0 unspecified atom stereocenters. The Morgan fingerprint density at radius 1 is 1.24 bits per heavy atom. The molecule has 3 aromatic rings. The van der Waals surface area contributed by atoms with Gasteiger partial charge in [0.15, 0.2) is 0 Å². The first-order valence-corrected chi connectivity index (χ1v) is 11.2. The SMILES string of the molecule is C=C(CC)C(=O)N1Cc2c(NCc3cccc(C(F)(F)F)c3C)nc3nnc(C(C)C)n3c2C1. The van der Waals surface area contributed by atoms with E-state index < -0.39 is 11.7 Å². The summed E-state index contributed by atoms with van der Waals surface area (Å²) in [7, 11) is 0. The van der Waals surface area contributed by atoms with Gasteiger partial charge in [0.2, 0.25) is 5.91 Å². The zero-order valence-electron chi connectivity index (χ0n) is 19.6. The van der Waals surface area contributed by atoms with E-state index in [4.69, 9.17) is 0 Å². The maximum atomic E-state index is 13.3. The number of carbonyl (C=O) groups is 1. The van der Waals surface area contributed by atoms with Crippen LogP contribution in [0.5, 0.6) is 0 Å². The van der Waals surface area contributed by atoms with Gasteiger partial charge in [-0.05, 0) is 30.5 Å². The number of aromatic nitrogens is 4. The number of hydrogen-bond donors (Lipinski definition) is 1. The van der Waals surface area contributed by atoms with E-state index in [2.05, 4.69) is 27.1 Å². The van der Waals surface area contributed by atoms with Crippen molar-refractivity contribution >= 4 is 17.5 Å².